The highest BCUT2D eigenvalue weighted by atomic mass is 16.7. The van der Waals surface area contributed by atoms with Crippen LogP contribution < -0.4 is 5.11 Å². The van der Waals surface area contributed by atoms with Crippen LogP contribution in [0.15, 0.2) is 48.6 Å². The summed E-state index contributed by atoms with van der Waals surface area (Å²) in [6.45, 7) is 4.66. The third kappa shape index (κ3) is 62.8. The fraction of sp³-hybridized carbons (Fsp3) is 0.845. The lowest BCUT2D eigenvalue weighted by Crippen LogP contribution is -2.44. The van der Waals surface area contributed by atoms with Gasteiger partial charge in [0.25, 0.3) is 0 Å². The van der Waals surface area contributed by atoms with Crippen molar-refractivity contribution in [3.63, 3.8) is 0 Å². The monoisotopic (exact) mass is 1130 g/mol. The lowest BCUT2D eigenvalue weighted by Gasteiger charge is -2.26. The second-order valence-electron chi connectivity index (χ2n) is 24.4. The second kappa shape index (κ2) is 62.3. The van der Waals surface area contributed by atoms with Crippen molar-refractivity contribution >= 4 is 17.9 Å². The van der Waals surface area contributed by atoms with E-state index in [4.69, 9.17) is 18.9 Å². The zero-order valence-electron chi connectivity index (χ0n) is 53.5. The quantitative estimate of drug-likeness (QED) is 0.0195. The zero-order valence-corrected chi connectivity index (χ0v) is 53.5. The summed E-state index contributed by atoms with van der Waals surface area (Å²) in [5.74, 6) is -2.29. The molecule has 2 atom stereocenters. The lowest BCUT2D eigenvalue weighted by molar-refractivity contribution is -0.870. The molecule has 0 amide bonds. The number of aliphatic carboxylic acids is 1. The summed E-state index contributed by atoms with van der Waals surface area (Å²) >= 11 is 0. The highest BCUT2D eigenvalue weighted by Crippen LogP contribution is 2.19. The molecule has 0 rings (SSSR count). The van der Waals surface area contributed by atoms with Crippen LogP contribution in [0.4, 0.5) is 0 Å². The van der Waals surface area contributed by atoms with E-state index in [0.717, 1.165) is 83.5 Å². The smallest absolute Gasteiger partial charge is 0.306 e. The van der Waals surface area contributed by atoms with Gasteiger partial charge in [-0.05, 0) is 51.4 Å². The fourth-order valence-electron chi connectivity index (χ4n) is 10.1. The summed E-state index contributed by atoms with van der Waals surface area (Å²) in [4.78, 5) is 37.4. The number of ether oxygens (including phenoxy) is 4. The van der Waals surface area contributed by atoms with Crippen molar-refractivity contribution in [3.8, 4) is 0 Å². The van der Waals surface area contributed by atoms with Gasteiger partial charge in [-0.25, -0.2) is 0 Å². The van der Waals surface area contributed by atoms with Crippen molar-refractivity contribution < 1.29 is 42.9 Å². The van der Waals surface area contributed by atoms with Gasteiger partial charge in [-0.15, -0.1) is 0 Å². The molecule has 9 heteroatoms. The molecule has 0 aromatic heterocycles. The van der Waals surface area contributed by atoms with E-state index in [0.29, 0.717) is 23.9 Å². The number of carbonyl (C=O) groups excluding carboxylic acids is 3. The van der Waals surface area contributed by atoms with Crippen molar-refractivity contribution in [1.82, 2.24) is 0 Å². The van der Waals surface area contributed by atoms with E-state index in [9.17, 15) is 19.5 Å². The molecule has 0 aliphatic carbocycles. The first-order valence-corrected chi connectivity index (χ1v) is 34.3. The Bertz CT molecular complexity index is 1450. The molecule has 0 heterocycles. The van der Waals surface area contributed by atoms with Gasteiger partial charge in [0.05, 0.1) is 40.3 Å². The first kappa shape index (κ1) is 77.2. The van der Waals surface area contributed by atoms with Crippen LogP contribution in [0.25, 0.3) is 0 Å². The minimum Gasteiger partial charge on any atom is -0.545 e. The van der Waals surface area contributed by atoms with Crippen LogP contribution in [0.5, 0.6) is 0 Å². The summed E-state index contributed by atoms with van der Waals surface area (Å²) in [6.07, 6.45) is 76.4. The van der Waals surface area contributed by atoms with E-state index in [1.807, 2.05) is 21.1 Å². The van der Waals surface area contributed by atoms with Crippen LogP contribution in [-0.4, -0.2) is 82.3 Å². The third-order valence-electron chi connectivity index (χ3n) is 15.3. The molecule has 468 valence electrons. The average molecular weight is 1130 g/mol. The van der Waals surface area contributed by atoms with Crippen LogP contribution in [0.1, 0.15) is 328 Å². The summed E-state index contributed by atoms with van der Waals surface area (Å²) in [6, 6.07) is 0. The number of rotatable bonds is 64. The van der Waals surface area contributed by atoms with Gasteiger partial charge in [0.1, 0.15) is 13.2 Å². The Morgan fingerprint density at radius 1 is 0.388 bits per heavy atom. The molecule has 0 fully saturated rings. The molecule has 0 aliphatic heterocycles. The molecule has 0 aromatic rings. The standard InChI is InChI=1S/C71H131NO8/c1-6-8-10-12-14-16-18-20-22-24-26-27-28-29-30-31-32-33-34-35-36-37-38-39-40-41-42-44-45-47-49-51-53-55-57-59-61-68(73)78-65-67(66-79-71(70(75)76)77-64-63-72(3,4)5)80-69(74)62-60-58-56-54-52-50-48-46-43-25-23-21-19-17-15-13-11-9-7-2/h9,11,15,17,21,23,43,46,67,71H,6-8,10,12-14,16,18-20,22,24-42,44-45,47-66H2,1-5H3/b11-9-,17-15-,23-21-,46-43-. The predicted molar refractivity (Wildman–Crippen MR) is 339 cm³/mol. The van der Waals surface area contributed by atoms with Gasteiger partial charge >= 0.3 is 11.9 Å². The Balaban J connectivity index is 3.99. The predicted octanol–water partition coefficient (Wildman–Crippen LogP) is 19.6. The maximum absolute atomic E-state index is 12.9. The molecule has 9 nitrogen and oxygen atoms in total. The van der Waals surface area contributed by atoms with Gasteiger partial charge in [0.2, 0.25) is 0 Å². The normalized spacial score (nSPS) is 13.0. The van der Waals surface area contributed by atoms with Gasteiger partial charge in [0.15, 0.2) is 12.4 Å². The molecule has 0 saturated heterocycles. The van der Waals surface area contributed by atoms with Crippen LogP contribution in [0.2, 0.25) is 0 Å². The maximum atomic E-state index is 12.9. The van der Waals surface area contributed by atoms with Crippen LogP contribution in [0, 0.1) is 0 Å². The molecule has 0 saturated carbocycles. The number of unbranched alkanes of at least 4 members (excludes halogenated alkanes) is 41. The average Bonchev–Trinajstić information content (AvgIpc) is 3.43. The van der Waals surface area contributed by atoms with Crippen molar-refractivity contribution in [3.05, 3.63) is 48.6 Å². The first-order valence-electron chi connectivity index (χ1n) is 34.3. The summed E-state index contributed by atoms with van der Waals surface area (Å²) in [5.41, 5.74) is 0. The van der Waals surface area contributed by atoms with Crippen molar-refractivity contribution in [2.75, 3.05) is 47.5 Å². The van der Waals surface area contributed by atoms with Crippen molar-refractivity contribution in [2.45, 2.75) is 341 Å². The number of carboxylic acid groups (broad SMARTS) is 1. The molecule has 0 radical (unpaired) electrons. The topological polar surface area (TPSA) is 111 Å². The number of hydrogen-bond donors (Lipinski definition) is 0. The van der Waals surface area contributed by atoms with E-state index in [1.165, 1.54) is 212 Å². The zero-order chi connectivity index (χ0) is 58.3. The molecule has 0 aromatic carbocycles. The number of nitrogens with zero attached hydrogens (tertiary/aromatic N) is 1. The molecule has 0 spiro atoms. The van der Waals surface area contributed by atoms with E-state index in [1.54, 1.807) is 0 Å². The minimum absolute atomic E-state index is 0.145. The van der Waals surface area contributed by atoms with Crippen molar-refractivity contribution in [2.24, 2.45) is 0 Å². The number of hydrogen-bond acceptors (Lipinski definition) is 8. The van der Waals surface area contributed by atoms with Crippen LogP contribution in [0.3, 0.4) is 0 Å². The van der Waals surface area contributed by atoms with Crippen molar-refractivity contribution in [1.29, 1.82) is 0 Å². The Kier molecular flexibility index (Phi) is 60.2. The molecular formula is C71H131NO8. The van der Waals surface area contributed by atoms with Gasteiger partial charge in [0, 0.05) is 12.8 Å². The molecule has 0 aliphatic rings. The Morgan fingerprint density at radius 3 is 1.06 bits per heavy atom. The number of carboxylic acids is 1. The van der Waals surface area contributed by atoms with Gasteiger partial charge in [-0.2, -0.15) is 0 Å². The third-order valence-corrected chi connectivity index (χ3v) is 15.3. The Labute approximate surface area is 495 Å². The molecule has 2 unspecified atom stereocenters. The maximum Gasteiger partial charge on any atom is 0.306 e. The van der Waals surface area contributed by atoms with Crippen LogP contribution >= 0.6 is 0 Å². The Hall–Kier alpha value is -2.75. The highest BCUT2D eigenvalue weighted by Gasteiger charge is 2.22. The molecular weight excluding hydrogens is 995 g/mol. The summed E-state index contributed by atoms with van der Waals surface area (Å²) in [5, 5.41) is 11.8. The van der Waals surface area contributed by atoms with E-state index < -0.39 is 24.3 Å². The van der Waals surface area contributed by atoms with E-state index in [-0.39, 0.29) is 32.2 Å². The number of quaternary nitrogens is 1. The summed E-state index contributed by atoms with van der Waals surface area (Å²) in [7, 11) is 5.93. The molecule has 0 bridgehead atoms. The van der Waals surface area contributed by atoms with Crippen LogP contribution in [-0.2, 0) is 33.3 Å². The number of allylic oxidation sites excluding steroid dienone is 8. The summed E-state index contributed by atoms with van der Waals surface area (Å²) < 4.78 is 22.7. The largest absolute Gasteiger partial charge is 0.545 e. The highest BCUT2D eigenvalue weighted by molar-refractivity contribution is 5.70. The van der Waals surface area contributed by atoms with E-state index in [2.05, 4.69) is 62.5 Å². The second-order valence-corrected chi connectivity index (χ2v) is 24.4. The first-order chi connectivity index (χ1) is 39.1. The van der Waals surface area contributed by atoms with Gasteiger partial charge < -0.3 is 33.3 Å². The number of likely N-dealkylation sites (N-methyl/N-ethyl adjacent to an activating group) is 1. The van der Waals surface area contributed by atoms with Gasteiger partial charge in [-0.1, -0.05) is 313 Å². The SMILES string of the molecule is CC/C=C\C/C=C\C/C=C\C/C=C\CCCCCCCCC(=O)OC(COC(=O)CCCCCCCCCCCCCCCCCCCCCCCCCCCCCCCCCCCCCC)COC(OCC[N+](C)(C)C)C(=O)[O-]. The number of carbonyl (C=O) groups is 3. The Morgan fingerprint density at radius 2 is 0.713 bits per heavy atom. The minimum atomic E-state index is -1.63. The molecule has 0 N–H and O–H groups in total. The van der Waals surface area contributed by atoms with E-state index >= 15 is 0 Å². The lowest BCUT2D eigenvalue weighted by atomic mass is 10.0. The fourth-order valence-corrected chi connectivity index (χ4v) is 10.1. The number of esters is 2. The van der Waals surface area contributed by atoms with Gasteiger partial charge in [-0.3, -0.25) is 9.59 Å². The molecule has 80 heavy (non-hydrogen) atoms.